The molecule has 0 saturated carbocycles. The van der Waals surface area contributed by atoms with Crippen molar-refractivity contribution in [3.8, 4) is 5.75 Å². The van der Waals surface area contributed by atoms with Crippen LogP contribution in [0.1, 0.15) is 33.6 Å². The van der Waals surface area contributed by atoms with Crippen LogP contribution < -0.4 is 10.5 Å². The Labute approximate surface area is 105 Å². The van der Waals surface area contributed by atoms with Gasteiger partial charge >= 0.3 is 0 Å². The van der Waals surface area contributed by atoms with Gasteiger partial charge in [-0.3, -0.25) is 0 Å². The van der Waals surface area contributed by atoms with Crippen LogP contribution in [0.3, 0.4) is 0 Å². The number of nitrogens with two attached hydrogens (primary N) is 1. The summed E-state index contributed by atoms with van der Waals surface area (Å²) in [4.78, 5) is 0. The molecule has 0 fully saturated rings. The smallest absolute Gasteiger partial charge is 0.119 e. The van der Waals surface area contributed by atoms with Crippen molar-refractivity contribution >= 4 is 0 Å². The van der Waals surface area contributed by atoms with Gasteiger partial charge in [0.1, 0.15) is 5.75 Å². The number of hydrogen-bond donors (Lipinski definition) is 1. The molecular formula is C15H25NO. The first-order chi connectivity index (χ1) is 8.08. The Kier molecular flexibility index (Phi) is 5.49. The van der Waals surface area contributed by atoms with Crippen LogP contribution >= 0.6 is 0 Å². The van der Waals surface area contributed by atoms with E-state index in [9.17, 15) is 0 Å². The first-order valence-electron chi connectivity index (χ1n) is 6.46. The van der Waals surface area contributed by atoms with Gasteiger partial charge in [-0.25, -0.2) is 0 Å². The standard InChI is InChI=1S/C15H25NO/c1-13(2)15(3,12-16)10-7-11-17-14-8-5-4-6-9-14/h4-6,8-9,13H,7,10-12,16H2,1-3H3. The van der Waals surface area contributed by atoms with Crippen LogP contribution in [0.2, 0.25) is 0 Å². The van der Waals surface area contributed by atoms with Gasteiger partial charge in [-0.05, 0) is 42.9 Å². The summed E-state index contributed by atoms with van der Waals surface area (Å²) in [6, 6.07) is 9.97. The first-order valence-corrected chi connectivity index (χ1v) is 6.46. The molecule has 1 atom stereocenters. The van der Waals surface area contributed by atoms with Crippen molar-refractivity contribution in [1.29, 1.82) is 0 Å². The molecule has 0 aromatic heterocycles. The molecule has 0 amide bonds. The second-order valence-corrected chi connectivity index (χ2v) is 5.28. The average Bonchev–Trinajstić information content (AvgIpc) is 2.35. The van der Waals surface area contributed by atoms with E-state index in [4.69, 9.17) is 10.5 Å². The molecule has 0 heterocycles. The zero-order chi connectivity index (χ0) is 12.7. The molecule has 0 aliphatic carbocycles. The van der Waals surface area contributed by atoms with Crippen LogP contribution in [0.25, 0.3) is 0 Å². The Bertz CT molecular complexity index is 310. The van der Waals surface area contributed by atoms with Crippen molar-refractivity contribution in [3.05, 3.63) is 30.3 Å². The highest BCUT2D eigenvalue weighted by Gasteiger charge is 2.25. The summed E-state index contributed by atoms with van der Waals surface area (Å²) in [5.41, 5.74) is 6.10. The predicted molar refractivity (Wildman–Crippen MR) is 73.2 cm³/mol. The van der Waals surface area contributed by atoms with Gasteiger partial charge in [-0.15, -0.1) is 0 Å². The molecule has 1 unspecified atom stereocenters. The molecule has 0 aliphatic heterocycles. The Morgan fingerprint density at radius 2 is 1.88 bits per heavy atom. The Morgan fingerprint density at radius 1 is 1.24 bits per heavy atom. The summed E-state index contributed by atoms with van der Waals surface area (Å²) in [6.45, 7) is 8.26. The van der Waals surface area contributed by atoms with Gasteiger partial charge in [0.05, 0.1) is 6.61 Å². The molecule has 96 valence electrons. The van der Waals surface area contributed by atoms with Gasteiger partial charge in [0, 0.05) is 0 Å². The summed E-state index contributed by atoms with van der Waals surface area (Å²) in [6.07, 6.45) is 2.18. The van der Waals surface area contributed by atoms with Crippen molar-refractivity contribution in [2.24, 2.45) is 17.1 Å². The maximum Gasteiger partial charge on any atom is 0.119 e. The maximum absolute atomic E-state index is 5.86. The molecule has 0 saturated heterocycles. The SMILES string of the molecule is CC(C)C(C)(CN)CCCOc1ccccc1. The fourth-order valence-corrected chi connectivity index (χ4v) is 1.81. The molecule has 2 N–H and O–H groups in total. The normalized spacial score (nSPS) is 14.6. The highest BCUT2D eigenvalue weighted by atomic mass is 16.5. The molecule has 2 nitrogen and oxygen atoms in total. The lowest BCUT2D eigenvalue weighted by Crippen LogP contribution is -2.32. The highest BCUT2D eigenvalue weighted by molar-refractivity contribution is 5.20. The number of benzene rings is 1. The largest absolute Gasteiger partial charge is 0.494 e. The van der Waals surface area contributed by atoms with Crippen LogP contribution in [0.5, 0.6) is 5.75 Å². The van der Waals surface area contributed by atoms with E-state index in [-0.39, 0.29) is 5.41 Å². The highest BCUT2D eigenvalue weighted by Crippen LogP contribution is 2.30. The van der Waals surface area contributed by atoms with Crippen molar-refractivity contribution in [3.63, 3.8) is 0 Å². The van der Waals surface area contributed by atoms with E-state index < -0.39 is 0 Å². The second-order valence-electron chi connectivity index (χ2n) is 5.28. The van der Waals surface area contributed by atoms with Gasteiger partial charge in [0.25, 0.3) is 0 Å². The molecule has 0 spiro atoms. The lowest BCUT2D eigenvalue weighted by molar-refractivity contribution is 0.185. The monoisotopic (exact) mass is 235 g/mol. The molecule has 1 aromatic rings. The molecule has 17 heavy (non-hydrogen) atoms. The Balaban J connectivity index is 2.28. The maximum atomic E-state index is 5.86. The zero-order valence-electron chi connectivity index (χ0n) is 11.3. The number of rotatable bonds is 7. The second kappa shape index (κ2) is 6.65. The minimum atomic E-state index is 0.236. The lowest BCUT2D eigenvalue weighted by Gasteiger charge is -2.32. The topological polar surface area (TPSA) is 35.2 Å². The van der Waals surface area contributed by atoms with Crippen molar-refractivity contribution in [2.75, 3.05) is 13.2 Å². The summed E-state index contributed by atoms with van der Waals surface area (Å²) < 4.78 is 5.68. The summed E-state index contributed by atoms with van der Waals surface area (Å²) in [5.74, 6) is 1.57. The third-order valence-corrected chi connectivity index (χ3v) is 3.76. The molecule has 1 rings (SSSR count). The number of hydrogen-bond acceptors (Lipinski definition) is 2. The fraction of sp³-hybridized carbons (Fsp3) is 0.600. The third kappa shape index (κ3) is 4.39. The van der Waals surface area contributed by atoms with E-state index in [1.54, 1.807) is 0 Å². The molecule has 0 aliphatic rings. The summed E-state index contributed by atoms with van der Waals surface area (Å²) in [5, 5.41) is 0. The van der Waals surface area contributed by atoms with Crippen LogP contribution in [0.4, 0.5) is 0 Å². The Morgan fingerprint density at radius 3 is 2.41 bits per heavy atom. The predicted octanol–water partition coefficient (Wildman–Crippen LogP) is 3.47. The van der Waals surface area contributed by atoms with Gasteiger partial charge in [-0.2, -0.15) is 0 Å². The molecular weight excluding hydrogens is 210 g/mol. The van der Waals surface area contributed by atoms with E-state index in [0.717, 1.165) is 31.7 Å². The fourth-order valence-electron chi connectivity index (χ4n) is 1.81. The molecule has 2 heteroatoms. The first kappa shape index (κ1) is 14.0. The van der Waals surface area contributed by atoms with Gasteiger partial charge in [0.15, 0.2) is 0 Å². The van der Waals surface area contributed by atoms with Crippen molar-refractivity contribution in [1.82, 2.24) is 0 Å². The Hall–Kier alpha value is -1.02. The van der Waals surface area contributed by atoms with Crippen LogP contribution in [0, 0.1) is 11.3 Å². The van der Waals surface area contributed by atoms with Gasteiger partial charge in [0.2, 0.25) is 0 Å². The van der Waals surface area contributed by atoms with Crippen LogP contribution in [-0.2, 0) is 0 Å². The summed E-state index contributed by atoms with van der Waals surface area (Å²) >= 11 is 0. The van der Waals surface area contributed by atoms with Gasteiger partial charge in [-0.1, -0.05) is 39.0 Å². The molecule has 1 aromatic carbocycles. The number of ether oxygens (including phenoxy) is 1. The van der Waals surface area contributed by atoms with Crippen LogP contribution in [-0.4, -0.2) is 13.2 Å². The van der Waals surface area contributed by atoms with E-state index in [0.29, 0.717) is 5.92 Å². The third-order valence-electron chi connectivity index (χ3n) is 3.76. The van der Waals surface area contributed by atoms with Crippen molar-refractivity contribution < 1.29 is 4.74 Å². The quantitative estimate of drug-likeness (QED) is 0.734. The van der Waals surface area contributed by atoms with E-state index in [1.165, 1.54) is 0 Å². The van der Waals surface area contributed by atoms with Crippen LogP contribution in [0.15, 0.2) is 30.3 Å². The average molecular weight is 235 g/mol. The molecule has 0 radical (unpaired) electrons. The molecule has 0 bridgehead atoms. The van der Waals surface area contributed by atoms with E-state index >= 15 is 0 Å². The summed E-state index contributed by atoms with van der Waals surface area (Å²) in [7, 11) is 0. The van der Waals surface area contributed by atoms with E-state index in [2.05, 4.69) is 20.8 Å². The minimum absolute atomic E-state index is 0.236. The lowest BCUT2D eigenvalue weighted by atomic mass is 9.76. The van der Waals surface area contributed by atoms with E-state index in [1.807, 2.05) is 30.3 Å². The van der Waals surface area contributed by atoms with Crippen molar-refractivity contribution in [2.45, 2.75) is 33.6 Å². The number of para-hydroxylation sites is 1. The zero-order valence-corrected chi connectivity index (χ0v) is 11.3. The van der Waals surface area contributed by atoms with Gasteiger partial charge < -0.3 is 10.5 Å². The minimum Gasteiger partial charge on any atom is -0.494 e.